The van der Waals surface area contributed by atoms with Gasteiger partial charge in [-0.25, -0.2) is 4.98 Å². The van der Waals surface area contributed by atoms with Crippen LogP contribution in [0, 0.1) is 0 Å². The van der Waals surface area contributed by atoms with Crippen LogP contribution in [0.25, 0.3) is 0 Å². The average Bonchev–Trinajstić information content (AvgIpc) is 2.52. The predicted molar refractivity (Wildman–Crippen MR) is 89.9 cm³/mol. The van der Waals surface area contributed by atoms with Crippen LogP contribution in [-0.2, 0) is 4.74 Å². The molecule has 1 rings (SSSR count). The number of nitrogens with one attached hydrogen (secondary N) is 1. The fraction of sp³-hybridized carbons (Fsp3) is 0.706. The van der Waals surface area contributed by atoms with Gasteiger partial charge in [0, 0.05) is 31.9 Å². The summed E-state index contributed by atoms with van der Waals surface area (Å²) in [6, 6.07) is 5.12. The van der Waals surface area contributed by atoms with Gasteiger partial charge in [0.2, 0.25) is 0 Å². The van der Waals surface area contributed by atoms with Gasteiger partial charge in [0.05, 0.1) is 6.61 Å². The first-order valence-electron chi connectivity index (χ1n) is 8.08. The lowest BCUT2D eigenvalue weighted by molar-refractivity contribution is 0.203. The van der Waals surface area contributed by atoms with Crippen LogP contribution in [-0.4, -0.2) is 37.8 Å². The number of nitrogens with zero attached hydrogens (tertiary/aromatic N) is 2. The van der Waals surface area contributed by atoms with E-state index in [9.17, 15) is 0 Å². The van der Waals surface area contributed by atoms with Crippen molar-refractivity contribution >= 4 is 5.82 Å². The lowest BCUT2D eigenvalue weighted by Gasteiger charge is -2.30. The van der Waals surface area contributed by atoms with Crippen LogP contribution in [0.1, 0.15) is 52.1 Å². The van der Waals surface area contributed by atoms with Crippen molar-refractivity contribution in [3.05, 3.63) is 23.9 Å². The van der Waals surface area contributed by atoms with E-state index < -0.39 is 0 Å². The molecule has 1 heterocycles. The van der Waals surface area contributed by atoms with Crippen LogP contribution in [0.3, 0.4) is 0 Å². The monoisotopic (exact) mass is 293 g/mol. The number of hydrogen-bond acceptors (Lipinski definition) is 4. The fourth-order valence-corrected chi connectivity index (χ4v) is 2.31. The van der Waals surface area contributed by atoms with Gasteiger partial charge in [0.15, 0.2) is 0 Å². The zero-order valence-corrected chi connectivity index (χ0v) is 14.2. The Kier molecular flexibility index (Phi) is 8.31. The average molecular weight is 293 g/mol. The Morgan fingerprint density at radius 3 is 2.71 bits per heavy atom. The summed E-state index contributed by atoms with van der Waals surface area (Å²) >= 11 is 0. The van der Waals surface area contributed by atoms with Crippen LogP contribution in [0.4, 0.5) is 5.82 Å². The number of ether oxygens (including phenoxy) is 1. The zero-order chi connectivity index (χ0) is 15.7. The van der Waals surface area contributed by atoms with E-state index in [-0.39, 0.29) is 0 Å². The number of pyridine rings is 1. The maximum absolute atomic E-state index is 5.24. The number of rotatable bonds is 10. The second-order valence-electron chi connectivity index (χ2n) is 5.57. The van der Waals surface area contributed by atoms with Gasteiger partial charge in [-0.15, -0.1) is 0 Å². The van der Waals surface area contributed by atoms with E-state index in [0.717, 1.165) is 38.4 Å². The largest absolute Gasteiger partial charge is 0.383 e. The van der Waals surface area contributed by atoms with Crippen molar-refractivity contribution in [2.75, 3.05) is 31.7 Å². The second kappa shape index (κ2) is 9.74. The van der Waals surface area contributed by atoms with Crippen molar-refractivity contribution in [3.63, 3.8) is 0 Å². The lowest BCUT2D eigenvalue weighted by Crippen LogP contribution is -2.36. The minimum absolute atomic E-state index is 0.355. The first-order chi connectivity index (χ1) is 10.1. The third-order valence-corrected chi connectivity index (χ3v) is 3.92. The highest BCUT2D eigenvalue weighted by Crippen LogP contribution is 2.20. The molecule has 0 aliphatic carbocycles. The van der Waals surface area contributed by atoms with Gasteiger partial charge >= 0.3 is 0 Å². The van der Waals surface area contributed by atoms with E-state index in [0.29, 0.717) is 12.1 Å². The van der Waals surface area contributed by atoms with Gasteiger partial charge in [0.25, 0.3) is 0 Å². The normalized spacial score (nSPS) is 14.0. The van der Waals surface area contributed by atoms with Gasteiger partial charge in [0.1, 0.15) is 5.82 Å². The van der Waals surface area contributed by atoms with E-state index >= 15 is 0 Å². The Labute approximate surface area is 129 Å². The Morgan fingerprint density at radius 2 is 2.10 bits per heavy atom. The van der Waals surface area contributed by atoms with Gasteiger partial charge in [-0.1, -0.05) is 13.8 Å². The molecule has 0 aliphatic rings. The maximum Gasteiger partial charge on any atom is 0.129 e. The van der Waals surface area contributed by atoms with Crippen LogP contribution in [0.5, 0.6) is 0 Å². The molecule has 1 N–H and O–H groups in total. The molecule has 2 atom stereocenters. The summed E-state index contributed by atoms with van der Waals surface area (Å²) in [5.41, 5.74) is 1.29. The summed E-state index contributed by atoms with van der Waals surface area (Å²) in [5.74, 6) is 1.05. The van der Waals surface area contributed by atoms with Gasteiger partial charge in [-0.2, -0.15) is 0 Å². The summed E-state index contributed by atoms with van der Waals surface area (Å²) in [6.07, 6.45) is 4.16. The number of methoxy groups -OCH3 is 1. The minimum atomic E-state index is 0.355. The highest BCUT2D eigenvalue weighted by atomic mass is 16.5. The molecule has 0 saturated carbocycles. The molecule has 4 heteroatoms. The first-order valence-corrected chi connectivity index (χ1v) is 8.08. The minimum Gasteiger partial charge on any atom is -0.383 e. The second-order valence-corrected chi connectivity index (χ2v) is 5.57. The quantitative estimate of drug-likeness (QED) is 0.717. The van der Waals surface area contributed by atoms with Crippen molar-refractivity contribution in [1.82, 2.24) is 10.3 Å². The SMILES string of the molecule is CCCNC(C)c1ccnc(N(CCOC)C(C)CC)c1. The molecule has 120 valence electrons. The summed E-state index contributed by atoms with van der Waals surface area (Å²) in [5, 5.41) is 3.53. The molecule has 0 fully saturated rings. The Hall–Kier alpha value is -1.13. The fourth-order valence-electron chi connectivity index (χ4n) is 2.31. The summed E-state index contributed by atoms with van der Waals surface area (Å²) in [6.45, 7) is 11.5. The molecule has 0 saturated heterocycles. The molecule has 0 amide bonds. The first kappa shape index (κ1) is 17.9. The zero-order valence-electron chi connectivity index (χ0n) is 14.2. The number of aromatic nitrogens is 1. The number of anilines is 1. The molecule has 0 spiro atoms. The molecule has 1 aromatic rings. The molecular weight excluding hydrogens is 262 g/mol. The number of hydrogen-bond donors (Lipinski definition) is 1. The third kappa shape index (κ3) is 5.64. The van der Waals surface area contributed by atoms with Crippen LogP contribution in [0.2, 0.25) is 0 Å². The molecule has 0 radical (unpaired) electrons. The molecule has 1 aromatic heterocycles. The van der Waals surface area contributed by atoms with Crippen LogP contribution >= 0.6 is 0 Å². The van der Waals surface area contributed by atoms with E-state index in [4.69, 9.17) is 4.74 Å². The highest BCUT2D eigenvalue weighted by molar-refractivity contribution is 5.42. The molecule has 4 nitrogen and oxygen atoms in total. The van der Waals surface area contributed by atoms with E-state index in [1.165, 1.54) is 5.56 Å². The Balaban J connectivity index is 2.87. The van der Waals surface area contributed by atoms with Crippen molar-refractivity contribution < 1.29 is 4.74 Å². The summed E-state index contributed by atoms with van der Waals surface area (Å²) in [4.78, 5) is 6.90. The van der Waals surface area contributed by atoms with E-state index in [1.54, 1.807) is 7.11 Å². The smallest absolute Gasteiger partial charge is 0.129 e. The van der Waals surface area contributed by atoms with Crippen molar-refractivity contribution in [1.29, 1.82) is 0 Å². The molecule has 0 aromatic carbocycles. The van der Waals surface area contributed by atoms with Gasteiger partial charge in [-0.05, 0) is 50.9 Å². The Morgan fingerprint density at radius 1 is 1.33 bits per heavy atom. The highest BCUT2D eigenvalue weighted by Gasteiger charge is 2.15. The summed E-state index contributed by atoms with van der Waals surface area (Å²) in [7, 11) is 1.75. The maximum atomic E-state index is 5.24. The summed E-state index contributed by atoms with van der Waals surface area (Å²) < 4.78 is 5.24. The van der Waals surface area contributed by atoms with Crippen molar-refractivity contribution in [3.8, 4) is 0 Å². The molecule has 0 bridgehead atoms. The lowest BCUT2D eigenvalue weighted by atomic mass is 10.1. The van der Waals surface area contributed by atoms with Crippen LogP contribution in [0.15, 0.2) is 18.3 Å². The molecule has 2 unspecified atom stereocenters. The van der Waals surface area contributed by atoms with Crippen molar-refractivity contribution in [2.45, 2.75) is 52.6 Å². The van der Waals surface area contributed by atoms with E-state index in [2.05, 4.69) is 55.0 Å². The van der Waals surface area contributed by atoms with Crippen LogP contribution < -0.4 is 10.2 Å². The van der Waals surface area contributed by atoms with Crippen molar-refractivity contribution in [2.24, 2.45) is 0 Å². The third-order valence-electron chi connectivity index (χ3n) is 3.92. The van der Waals surface area contributed by atoms with E-state index in [1.807, 2.05) is 6.20 Å². The Bertz CT molecular complexity index is 397. The van der Waals surface area contributed by atoms with Gasteiger partial charge in [-0.3, -0.25) is 0 Å². The topological polar surface area (TPSA) is 37.4 Å². The molecular formula is C17H31N3O. The standard InChI is InChI=1S/C17H31N3O/c1-6-9-18-15(4)16-8-10-19-17(13-16)20(11-12-21-5)14(3)7-2/h8,10,13-15,18H,6-7,9,11-12H2,1-5H3. The van der Waals surface area contributed by atoms with Gasteiger partial charge < -0.3 is 15.0 Å². The predicted octanol–water partition coefficient (Wildman–Crippen LogP) is 3.39. The molecule has 21 heavy (non-hydrogen) atoms. The molecule has 0 aliphatic heterocycles.